The van der Waals surface area contributed by atoms with Crippen LogP contribution >= 0.6 is 0 Å². The van der Waals surface area contributed by atoms with Gasteiger partial charge in [-0.3, -0.25) is 9.59 Å². The summed E-state index contributed by atoms with van der Waals surface area (Å²) in [5.41, 5.74) is 0.0627. The van der Waals surface area contributed by atoms with Crippen molar-refractivity contribution in [3.05, 3.63) is 35.9 Å². The van der Waals surface area contributed by atoms with Gasteiger partial charge in [0.1, 0.15) is 17.7 Å². The van der Waals surface area contributed by atoms with Crippen LogP contribution < -0.4 is 10.6 Å². The topological polar surface area (TPSA) is 87.7 Å². The predicted octanol–water partition coefficient (Wildman–Crippen LogP) is 6.24. The molecule has 7 nitrogen and oxygen atoms in total. The van der Waals surface area contributed by atoms with Crippen LogP contribution in [0.25, 0.3) is 0 Å². The van der Waals surface area contributed by atoms with Crippen molar-refractivity contribution in [3.63, 3.8) is 0 Å². The fourth-order valence-corrected chi connectivity index (χ4v) is 4.19. The van der Waals surface area contributed by atoms with Gasteiger partial charge in [0.05, 0.1) is 0 Å². The van der Waals surface area contributed by atoms with Crippen LogP contribution in [0.5, 0.6) is 0 Å². The van der Waals surface area contributed by atoms with E-state index in [2.05, 4.69) is 31.4 Å². The molecule has 0 saturated carbocycles. The largest absolute Gasteiger partial charge is 0.444 e. The molecule has 37 heavy (non-hydrogen) atoms. The number of carbonyl (C=O) groups excluding carboxylic acids is 3. The third-order valence-electron chi connectivity index (χ3n) is 6.06. The van der Waals surface area contributed by atoms with Gasteiger partial charge in [-0.15, -0.1) is 0 Å². The third kappa shape index (κ3) is 12.0. The summed E-state index contributed by atoms with van der Waals surface area (Å²) in [5.74, 6) is 0.129. The highest BCUT2D eigenvalue weighted by Gasteiger charge is 2.38. The molecule has 1 rings (SSSR count). The number of rotatable bonds is 14. The number of nitrogens with one attached hydrogen (secondary N) is 2. The van der Waals surface area contributed by atoms with Crippen molar-refractivity contribution in [2.24, 2.45) is 11.8 Å². The monoisotopic (exact) mass is 517 g/mol. The average Bonchev–Trinajstić information content (AvgIpc) is 2.79. The van der Waals surface area contributed by atoms with Crippen LogP contribution in [-0.2, 0) is 14.3 Å². The van der Waals surface area contributed by atoms with E-state index < -0.39 is 23.8 Å². The third-order valence-corrected chi connectivity index (χ3v) is 6.06. The highest BCUT2D eigenvalue weighted by atomic mass is 16.6. The van der Waals surface area contributed by atoms with Gasteiger partial charge in [0, 0.05) is 12.6 Å². The van der Waals surface area contributed by atoms with Crippen LogP contribution in [0.2, 0.25) is 0 Å². The van der Waals surface area contributed by atoms with Crippen molar-refractivity contribution in [1.82, 2.24) is 15.5 Å². The minimum atomic E-state index is -0.814. The second-order valence-electron chi connectivity index (χ2n) is 11.9. The van der Waals surface area contributed by atoms with Gasteiger partial charge in [0.2, 0.25) is 11.8 Å². The van der Waals surface area contributed by atoms with Crippen molar-refractivity contribution >= 4 is 17.9 Å². The van der Waals surface area contributed by atoms with E-state index in [0.29, 0.717) is 18.9 Å². The first-order chi connectivity index (χ1) is 17.3. The number of ether oxygens (including phenoxy) is 1. The second-order valence-corrected chi connectivity index (χ2v) is 11.9. The molecule has 0 fully saturated rings. The van der Waals surface area contributed by atoms with Gasteiger partial charge in [-0.05, 0) is 70.8 Å². The molecule has 3 unspecified atom stereocenters. The Morgan fingerprint density at radius 3 is 2.08 bits per heavy atom. The summed E-state index contributed by atoms with van der Waals surface area (Å²) in [4.78, 5) is 42.4. The molecule has 0 aliphatic rings. The number of alkyl carbamates (subject to hydrolysis) is 1. The highest BCUT2D eigenvalue weighted by Crippen LogP contribution is 2.28. The van der Waals surface area contributed by atoms with Crippen LogP contribution in [0.1, 0.15) is 106 Å². The van der Waals surface area contributed by atoms with Crippen molar-refractivity contribution in [2.45, 2.75) is 118 Å². The quantitative estimate of drug-likeness (QED) is 0.286. The number of carbonyl (C=O) groups is 3. The molecule has 3 amide bonds. The van der Waals surface area contributed by atoms with E-state index >= 15 is 0 Å². The summed E-state index contributed by atoms with van der Waals surface area (Å²) in [5, 5.41) is 5.86. The molecule has 0 heterocycles. The normalized spacial score (nSPS) is 14.1. The van der Waals surface area contributed by atoms with Crippen molar-refractivity contribution in [1.29, 1.82) is 0 Å². The smallest absolute Gasteiger partial charge is 0.408 e. The number of nitrogens with zero attached hydrogens (tertiary/aromatic N) is 1. The molecule has 3 atom stereocenters. The van der Waals surface area contributed by atoms with Crippen LogP contribution in [0.15, 0.2) is 30.3 Å². The summed E-state index contributed by atoms with van der Waals surface area (Å²) < 4.78 is 5.48. The van der Waals surface area contributed by atoms with Gasteiger partial charge >= 0.3 is 6.09 Å². The van der Waals surface area contributed by atoms with Gasteiger partial charge in [-0.25, -0.2) is 4.79 Å². The van der Waals surface area contributed by atoms with E-state index in [1.54, 1.807) is 25.7 Å². The molecular formula is C30H51N3O4. The first-order valence-electron chi connectivity index (χ1n) is 13.9. The fourth-order valence-electron chi connectivity index (χ4n) is 4.19. The Morgan fingerprint density at radius 1 is 0.946 bits per heavy atom. The molecule has 2 N–H and O–H groups in total. The number of hydrogen-bond donors (Lipinski definition) is 2. The average molecular weight is 518 g/mol. The zero-order valence-electron chi connectivity index (χ0n) is 24.6. The van der Waals surface area contributed by atoms with Crippen LogP contribution in [-0.4, -0.2) is 47.0 Å². The summed E-state index contributed by atoms with van der Waals surface area (Å²) in [7, 11) is 0. The Labute approximate surface area is 225 Å². The maximum atomic E-state index is 14.3. The Hall–Kier alpha value is -2.57. The lowest BCUT2D eigenvalue weighted by atomic mass is 9.95. The lowest BCUT2D eigenvalue weighted by molar-refractivity contribution is -0.145. The standard InChI is InChI=1S/C30H51N3O4/c1-10-11-19-31-27(34)26(24-15-13-12-14-16-24)33(23(6)18-17-21(2)3)28(35)25(20-22(4)5)32-29(36)37-30(7,8)9/h12-16,21-23,25-26H,10-11,17-20H2,1-9H3,(H,31,34)(H,32,36). The van der Waals surface area contributed by atoms with Gasteiger partial charge in [-0.2, -0.15) is 0 Å². The van der Waals surface area contributed by atoms with Gasteiger partial charge < -0.3 is 20.3 Å². The first-order valence-corrected chi connectivity index (χ1v) is 13.9. The van der Waals surface area contributed by atoms with E-state index in [4.69, 9.17) is 4.74 Å². The number of unbranched alkanes of at least 4 members (excludes halogenated alkanes) is 1. The minimum Gasteiger partial charge on any atom is -0.444 e. The molecule has 7 heteroatoms. The van der Waals surface area contributed by atoms with Crippen molar-refractivity contribution < 1.29 is 19.1 Å². The summed E-state index contributed by atoms with van der Waals surface area (Å²) in [6, 6.07) is 7.61. The van der Waals surface area contributed by atoms with E-state index in [0.717, 1.165) is 31.2 Å². The molecule has 0 saturated heterocycles. The zero-order valence-corrected chi connectivity index (χ0v) is 24.6. The Bertz CT molecular complexity index is 833. The van der Waals surface area contributed by atoms with E-state index in [9.17, 15) is 14.4 Å². The van der Waals surface area contributed by atoms with E-state index in [-0.39, 0.29) is 23.8 Å². The minimum absolute atomic E-state index is 0.144. The van der Waals surface area contributed by atoms with Gasteiger partial charge in [0.25, 0.3) is 0 Å². The first kappa shape index (κ1) is 32.5. The Kier molecular flexibility index (Phi) is 13.7. The van der Waals surface area contributed by atoms with Crippen LogP contribution in [0, 0.1) is 11.8 Å². The highest BCUT2D eigenvalue weighted by molar-refractivity contribution is 5.92. The molecule has 1 aromatic rings. The van der Waals surface area contributed by atoms with E-state index in [1.165, 1.54) is 0 Å². The van der Waals surface area contributed by atoms with Crippen LogP contribution in [0.3, 0.4) is 0 Å². The lowest BCUT2D eigenvalue weighted by Gasteiger charge is -2.39. The number of hydrogen-bond acceptors (Lipinski definition) is 4. The molecule has 0 bridgehead atoms. The molecular weight excluding hydrogens is 466 g/mol. The Morgan fingerprint density at radius 2 is 1.57 bits per heavy atom. The second kappa shape index (κ2) is 15.6. The van der Waals surface area contributed by atoms with Crippen molar-refractivity contribution in [3.8, 4) is 0 Å². The fraction of sp³-hybridized carbons (Fsp3) is 0.700. The molecule has 0 radical (unpaired) electrons. The molecule has 0 spiro atoms. The predicted molar refractivity (Wildman–Crippen MR) is 150 cm³/mol. The maximum absolute atomic E-state index is 14.3. The molecule has 210 valence electrons. The molecule has 1 aromatic carbocycles. The van der Waals surface area contributed by atoms with Gasteiger partial charge in [-0.1, -0.05) is 71.4 Å². The number of amides is 3. The van der Waals surface area contributed by atoms with E-state index in [1.807, 2.05) is 51.1 Å². The lowest BCUT2D eigenvalue weighted by Crippen LogP contribution is -2.56. The molecule has 0 aliphatic carbocycles. The summed E-state index contributed by atoms with van der Waals surface area (Å²) in [6.45, 7) is 18.3. The van der Waals surface area contributed by atoms with Crippen molar-refractivity contribution in [2.75, 3.05) is 6.54 Å². The Balaban J connectivity index is 3.50. The summed E-state index contributed by atoms with van der Waals surface area (Å²) in [6.07, 6.45) is 3.28. The zero-order chi connectivity index (χ0) is 28.2. The van der Waals surface area contributed by atoms with Gasteiger partial charge in [0.15, 0.2) is 0 Å². The summed E-state index contributed by atoms with van der Waals surface area (Å²) >= 11 is 0. The number of benzene rings is 1. The SMILES string of the molecule is CCCCNC(=O)C(c1ccccc1)N(C(=O)C(CC(C)C)NC(=O)OC(C)(C)C)C(C)CCC(C)C. The molecule has 0 aliphatic heterocycles. The van der Waals surface area contributed by atoms with Crippen LogP contribution in [0.4, 0.5) is 4.79 Å². The molecule has 0 aromatic heterocycles. The maximum Gasteiger partial charge on any atom is 0.408 e.